The zero-order chi connectivity index (χ0) is 10.7. The highest BCUT2D eigenvalue weighted by Gasteiger charge is 1.98. The number of benzene rings is 2. The van der Waals surface area contributed by atoms with Gasteiger partial charge in [-0.3, -0.25) is 0 Å². The molecule has 0 atom stereocenters. The summed E-state index contributed by atoms with van der Waals surface area (Å²) >= 11 is 6.49. The number of halogens is 2. The summed E-state index contributed by atoms with van der Waals surface area (Å²) < 4.78 is 2.56. The predicted octanol–water partition coefficient (Wildman–Crippen LogP) is 5.05. The van der Waals surface area contributed by atoms with Crippen LogP contribution in [0.4, 0.5) is 0 Å². The highest BCUT2D eigenvalue weighted by molar-refractivity contribution is 14.1. The Bertz CT molecular complexity index is 425. The van der Waals surface area contributed by atoms with Crippen molar-refractivity contribution in [1.29, 1.82) is 0 Å². The SMILES string of the molecule is Ic1cccc(Sc2cccc(I)c2)c1. The first-order chi connectivity index (χ1) is 7.24. The van der Waals surface area contributed by atoms with Crippen molar-refractivity contribution in [2.24, 2.45) is 0 Å². The second kappa shape index (κ2) is 5.54. The molecular formula is C12H8I2S. The van der Waals surface area contributed by atoms with Crippen LogP contribution in [0.15, 0.2) is 58.3 Å². The van der Waals surface area contributed by atoms with E-state index in [1.807, 2.05) is 0 Å². The molecule has 0 aliphatic rings. The third-order valence-electron chi connectivity index (χ3n) is 1.83. The maximum absolute atomic E-state index is 2.34. The van der Waals surface area contributed by atoms with Gasteiger partial charge in [-0.15, -0.1) is 0 Å². The first-order valence-electron chi connectivity index (χ1n) is 4.43. The van der Waals surface area contributed by atoms with Gasteiger partial charge in [-0.25, -0.2) is 0 Å². The molecule has 0 heterocycles. The normalized spacial score (nSPS) is 10.3. The van der Waals surface area contributed by atoms with Gasteiger partial charge in [-0.1, -0.05) is 23.9 Å². The Hall–Kier alpha value is 0.250. The minimum atomic E-state index is 1.28. The molecular weight excluding hydrogens is 430 g/mol. The van der Waals surface area contributed by atoms with Crippen LogP contribution in [0, 0.1) is 7.14 Å². The number of hydrogen-bond donors (Lipinski definition) is 0. The molecule has 0 saturated heterocycles. The minimum absolute atomic E-state index is 1.28. The van der Waals surface area contributed by atoms with Crippen molar-refractivity contribution < 1.29 is 0 Å². The van der Waals surface area contributed by atoms with Gasteiger partial charge in [0, 0.05) is 16.9 Å². The molecule has 0 aliphatic carbocycles. The third-order valence-corrected chi connectivity index (χ3v) is 4.15. The van der Waals surface area contributed by atoms with Gasteiger partial charge in [0.05, 0.1) is 0 Å². The van der Waals surface area contributed by atoms with Crippen LogP contribution >= 0.6 is 56.9 Å². The van der Waals surface area contributed by atoms with Crippen molar-refractivity contribution in [3.63, 3.8) is 0 Å². The molecule has 76 valence electrons. The molecule has 0 fully saturated rings. The second-order valence-corrected chi connectivity index (χ2v) is 6.66. The molecule has 0 amide bonds. The molecule has 2 aromatic rings. The average molecular weight is 438 g/mol. The highest BCUT2D eigenvalue weighted by Crippen LogP contribution is 2.29. The first kappa shape index (κ1) is 11.7. The van der Waals surface area contributed by atoms with Gasteiger partial charge in [0.1, 0.15) is 0 Å². The molecule has 0 bridgehead atoms. The Kier molecular flexibility index (Phi) is 4.33. The lowest BCUT2D eigenvalue weighted by atomic mass is 10.4. The fraction of sp³-hybridized carbons (Fsp3) is 0. The van der Waals surface area contributed by atoms with Gasteiger partial charge in [0.25, 0.3) is 0 Å². The number of hydrogen-bond acceptors (Lipinski definition) is 1. The maximum Gasteiger partial charge on any atom is 0.0141 e. The Labute approximate surface area is 121 Å². The van der Waals surface area contributed by atoms with E-state index in [4.69, 9.17) is 0 Å². The smallest absolute Gasteiger partial charge is 0.0141 e. The van der Waals surface area contributed by atoms with Crippen LogP contribution < -0.4 is 0 Å². The van der Waals surface area contributed by atoms with E-state index in [1.165, 1.54) is 16.9 Å². The van der Waals surface area contributed by atoms with Gasteiger partial charge < -0.3 is 0 Å². The molecule has 0 aromatic heterocycles. The molecule has 0 spiro atoms. The lowest BCUT2D eigenvalue weighted by Gasteiger charge is -2.02. The first-order valence-corrected chi connectivity index (χ1v) is 7.40. The van der Waals surface area contributed by atoms with Gasteiger partial charge in [0.2, 0.25) is 0 Å². The Morgan fingerprint density at radius 2 is 1.20 bits per heavy atom. The maximum atomic E-state index is 2.34. The van der Waals surface area contributed by atoms with E-state index in [0.29, 0.717) is 0 Å². The Balaban J connectivity index is 2.22. The molecule has 0 radical (unpaired) electrons. The predicted molar refractivity (Wildman–Crippen MR) is 82.4 cm³/mol. The quantitative estimate of drug-likeness (QED) is 0.592. The van der Waals surface area contributed by atoms with Crippen LogP contribution in [0.1, 0.15) is 0 Å². The third kappa shape index (κ3) is 3.64. The van der Waals surface area contributed by atoms with E-state index < -0.39 is 0 Å². The monoisotopic (exact) mass is 438 g/mol. The molecule has 0 aliphatic heterocycles. The van der Waals surface area contributed by atoms with Crippen molar-refractivity contribution >= 4 is 56.9 Å². The second-order valence-electron chi connectivity index (χ2n) is 3.02. The lowest BCUT2D eigenvalue weighted by molar-refractivity contribution is 1.38. The standard InChI is InChI=1S/C12H8I2S/c13-9-3-1-5-11(7-9)15-12-6-2-4-10(14)8-12/h1-8H. The summed E-state index contributed by atoms with van der Waals surface area (Å²) in [7, 11) is 0. The van der Waals surface area contributed by atoms with E-state index in [2.05, 4.69) is 93.7 Å². The highest BCUT2D eigenvalue weighted by atomic mass is 127. The van der Waals surface area contributed by atoms with Crippen LogP contribution in [0.3, 0.4) is 0 Å². The average Bonchev–Trinajstić information content (AvgIpc) is 2.17. The van der Waals surface area contributed by atoms with Crippen LogP contribution in [0.5, 0.6) is 0 Å². The zero-order valence-electron chi connectivity index (χ0n) is 7.78. The van der Waals surface area contributed by atoms with Gasteiger partial charge >= 0.3 is 0 Å². The van der Waals surface area contributed by atoms with E-state index in [1.54, 1.807) is 11.8 Å². The molecule has 3 heteroatoms. The summed E-state index contributed by atoms with van der Waals surface area (Å²) in [5.41, 5.74) is 0. The summed E-state index contributed by atoms with van der Waals surface area (Å²) in [6.45, 7) is 0. The summed E-state index contributed by atoms with van der Waals surface area (Å²) in [6.07, 6.45) is 0. The topological polar surface area (TPSA) is 0 Å². The summed E-state index contributed by atoms with van der Waals surface area (Å²) in [4.78, 5) is 2.59. The molecule has 0 saturated carbocycles. The van der Waals surface area contributed by atoms with Gasteiger partial charge in [-0.2, -0.15) is 0 Å². The van der Waals surface area contributed by atoms with Crippen LogP contribution in [-0.4, -0.2) is 0 Å². The summed E-state index contributed by atoms with van der Waals surface area (Å²) in [5, 5.41) is 0. The van der Waals surface area contributed by atoms with Crippen molar-refractivity contribution in [3.05, 3.63) is 55.7 Å². The molecule has 0 N–H and O–H groups in total. The fourth-order valence-corrected chi connectivity index (χ4v) is 3.64. The molecule has 15 heavy (non-hydrogen) atoms. The van der Waals surface area contributed by atoms with Crippen LogP contribution in [0.25, 0.3) is 0 Å². The molecule has 0 nitrogen and oxygen atoms in total. The Morgan fingerprint density at radius 3 is 1.60 bits per heavy atom. The summed E-state index contributed by atoms with van der Waals surface area (Å²) in [5.74, 6) is 0. The fourth-order valence-electron chi connectivity index (χ4n) is 1.20. The van der Waals surface area contributed by atoms with Crippen molar-refractivity contribution in [2.45, 2.75) is 9.79 Å². The van der Waals surface area contributed by atoms with Crippen LogP contribution in [-0.2, 0) is 0 Å². The van der Waals surface area contributed by atoms with E-state index >= 15 is 0 Å². The van der Waals surface area contributed by atoms with Crippen molar-refractivity contribution in [2.75, 3.05) is 0 Å². The minimum Gasteiger partial charge on any atom is -0.0900 e. The lowest BCUT2D eigenvalue weighted by Crippen LogP contribution is -1.76. The van der Waals surface area contributed by atoms with Gasteiger partial charge in [-0.05, 0) is 81.6 Å². The van der Waals surface area contributed by atoms with Gasteiger partial charge in [0.15, 0.2) is 0 Å². The van der Waals surface area contributed by atoms with E-state index in [-0.39, 0.29) is 0 Å². The Morgan fingerprint density at radius 1 is 0.733 bits per heavy atom. The van der Waals surface area contributed by atoms with Crippen molar-refractivity contribution in [1.82, 2.24) is 0 Å². The summed E-state index contributed by atoms with van der Waals surface area (Å²) in [6, 6.07) is 17.1. The van der Waals surface area contributed by atoms with Crippen molar-refractivity contribution in [3.8, 4) is 0 Å². The van der Waals surface area contributed by atoms with E-state index in [0.717, 1.165) is 0 Å². The zero-order valence-corrected chi connectivity index (χ0v) is 12.9. The molecule has 2 rings (SSSR count). The molecule has 2 aromatic carbocycles. The largest absolute Gasteiger partial charge is 0.0900 e. The van der Waals surface area contributed by atoms with Crippen LogP contribution in [0.2, 0.25) is 0 Å². The number of rotatable bonds is 2. The van der Waals surface area contributed by atoms with E-state index in [9.17, 15) is 0 Å². The molecule has 0 unspecified atom stereocenters.